The number of benzene rings is 6. The van der Waals surface area contributed by atoms with E-state index in [2.05, 4.69) is 138 Å². The minimum absolute atomic E-state index is 0.890. The molecule has 0 saturated carbocycles. The van der Waals surface area contributed by atoms with Crippen LogP contribution in [0, 0.1) is 0 Å². The average molecular weight is 549 g/mol. The third-order valence-electron chi connectivity index (χ3n) is 8.49. The summed E-state index contributed by atoms with van der Waals surface area (Å²) in [5.74, 6) is 0. The van der Waals surface area contributed by atoms with Gasteiger partial charge in [-0.05, 0) is 64.0 Å². The van der Waals surface area contributed by atoms with Gasteiger partial charge in [0.2, 0.25) is 0 Å². The van der Waals surface area contributed by atoms with Crippen LogP contribution in [0.2, 0.25) is 0 Å². The number of fused-ring (bicyclic) bond motifs is 8. The number of pyridine rings is 2. The van der Waals surface area contributed by atoms with Gasteiger partial charge >= 0.3 is 0 Å². The first-order valence-electron chi connectivity index (χ1n) is 14.5. The predicted molar refractivity (Wildman–Crippen MR) is 178 cm³/mol. The van der Waals surface area contributed by atoms with Crippen molar-refractivity contribution in [2.24, 2.45) is 0 Å². The van der Waals surface area contributed by atoms with Crippen molar-refractivity contribution in [2.45, 2.75) is 0 Å². The second-order valence-electron chi connectivity index (χ2n) is 11.0. The van der Waals surface area contributed by atoms with Crippen molar-refractivity contribution in [3.8, 4) is 33.5 Å². The molecular formula is C40H24N2O. The van der Waals surface area contributed by atoms with Crippen LogP contribution in [0.4, 0.5) is 0 Å². The summed E-state index contributed by atoms with van der Waals surface area (Å²) < 4.78 is 6.50. The fraction of sp³-hybridized carbons (Fsp3) is 0. The van der Waals surface area contributed by atoms with Crippen molar-refractivity contribution >= 4 is 54.5 Å². The summed E-state index contributed by atoms with van der Waals surface area (Å²) in [5.41, 5.74) is 10.4. The van der Waals surface area contributed by atoms with Crippen LogP contribution in [-0.4, -0.2) is 9.97 Å². The molecule has 3 aromatic heterocycles. The van der Waals surface area contributed by atoms with Gasteiger partial charge in [-0.25, -0.2) is 4.98 Å². The van der Waals surface area contributed by atoms with E-state index in [0.29, 0.717) is 0 Å². The third kappa shape index (κ3) is 3.83. The van der Waals surface area contributed by atoms with Gasteiger partial charge in [0.15, 0.2) is 0 Å². The number of furan rings is 1. The molecule has 0 aliphatic heterocycles. The Hall–Kier alpha value is -5.80. The smallest absolute Gasteiger partial charge is 0.143 e. The van der Waals surface area contributed by atoms with E-state index in [0.717, 1.165) is 71.5 Å². The highest BCUT2D eigenvalue weighted by molar-refractivity contribution is 6.19. The van der Waals surface area contributed by atoms with Crippen LogP contribution in [0.15, 0.2) is 150 Å². The van der Waals surface area contributed by atoms with Crippen molar-refractivity contribution in [2.75, 3.05) is 0 Å². The molecule has 0 bridgehead atoms. The van der Waals surface area contributed by atoms with Crippen molar-refractivity contribution in [1.82, 2.24) is 9.97 Å². The van der Waals surface area contributed by atoms with Gasteiger partial charge in [0.1, 0.15) is 11.2 Å². The summed E-state index contributed by atoms with van der Waals surface area (Å²) in [6.45, 7) is 0. The standard InChI is InChI=1S/C40H24N2O/c1-2-8-25(9-3-1)33-24-35-34-23-29(18-20-37(34)43-40(35)32-14-5-4-13-31(32)33)28-10-6-11-30(22-28)36-19-17-27-16-15-26-12-7-21-41-38(26)39(27)42-36/h1-24H. The van der Waals surface area contributed by atoms with Gasteiger partial charge in [0, 0.05) is 38.7 Å². The van der Waals surface area contributed by atoms with Crippen LogP contribution in [0.5, 0.6) is 0 Å². The van der Waals surface area contributed by atoms with Gasteiger partial charge in [-0.15, -0.1) is 0 Å². The zero-order valence-corrected chi connectivity index (χ0v) is 23.2. The van der Waals surface area contributed by atoms with Gasteiger partial charge in [0.25, 0.3) is 0 Å². The lowest BCUT2D eigenvalue weighted by Gasteiger charge is -2.09. The molecule has 0 fully saturated rings. The number of aromatic nitrogens is 2. The molecule has 3 heteroatoms. The van der Waals surface area contributed by atoms with Crippen molar-refractivity contribution in [3.05, 3.63) is 146 Å². The average Bonchev–Trinajstić information content (AvgIpc) is 3.46. The highest BCUT2D eigenvalue weighted by Crippen LogP contribution is 2.41. The molecule has 9 aromatic rings. The van der Waals surface area contributed by atoms with Crippen molar-refractivity contribution in [3.63, 3.8) is 0 Å². The van der Waals surface area contributed by atoms with E-state index in [1.165, 1.54) is 16.5 Å². The molecule has 3 heterocycles. The van der Waals surface area contributed by atoms with Crippen LogP contribution in [0.25, 0.3) is 88.0 Å². The maximum atomic E-state index is 6.50. The molecule has 0 aliphatic rings. The number of nitrogens with zero attached hydrogens (tertiary/aromatic N) is 2. The van der Waals surface area contributed by atoms with Gasteiger partial charge in [0.05, 0.1) is 16.7 Å². The molecule has 0 saturated heterocycles. The highest BCUT2D eigenvalue weighted by atomic mass is 16.3. The molecule has 0 N–H and O–H groups in total. The summed E-state index contributed by atoms with van der Waals surface area (Å²) >= 11 is 0. The van der Waals surface area contributed by atoms with Crippen LogP contribution in [-0.2, 0) is 0 Å². The molecule has 3 nitrogen and oxygen atoms in total. The van der Waals surface area contributed by atoms with Gasteiger partial charge in [-0.3, -0.25) is 4.98 Å². The lowest BCUT2D eigenvalue weighted by atomic mass is 9.94. The first kappa shape index (κ1) is 23.9. The highest BCUT2D eigenvalue weighted by Gasteiger charge is 2.16. The van der Waals surface area contributed by atoms with Crippen LogP contribution in [0.1, 0.15) is 0 Å². The largest absolute Gasteiger partial charge is 0.455 e. The van der Waals surface area contributed by atoms with Gasteiger partial charge < -0.3 is 4.42 Å². The summed E-state index contributed by atoms with van der Waals surface area (Å²) in [6.07, 6.45) is 1.83. The summed E-state index contributed by atoms with van der Waals surface area (Å²) in [6, 6.07) is 49.0. The third-order valence-corrected chi connectivity index (χ3v) is 8.49. The molecule has 0 radical (unpaired) electrons. The van der Waals surface area contributed by atoms with E-state index in [1.54, 1.807) is 0 Å². The van der Waals surface area contributed by atoms with E-state index < -0.39 is 0 Å². The molecule has 6 aromatic carbocycles. The first-order valence-corrected chi connectivity index (χ1v) is 14.5. The van der Waals surface area contributed by atoms with Crippen LogP contribution < -0.4 is 0 Å². The zero-order valence-electron chi connectivity index (χ0n) is 23.2. The minimum atomic E-state index is 0.890. The Morgan fingerprint density at radius 2 is 1.19 bits per heavy atom. The predicted octanol–water partition coefficient (Wildman–Crippen LogP) is 10.8. The summed E-state index contributed by atoms with van der Waals surface area (Å²) in [5, 5.41) is 6.74. The van der Waals surface area contributed by atoms with Crippen molar-refractivity contribution < 1.29 is 4.42 Å². The molecular weight excluding hydrogens is 524 g/mol. The first-order chi connectivity index (χ1) is 21.3. The topological polar surface area (TPSA) is 38.9 Å². The Bertz CT molecular complexity index is 2510. The van der Waals surface area contributed by atoms with Crippen LogP contribution in [0.3, 0.4) is 0 Å². The molecule has 0 spiro atoms. The number of hydrogen-bond donors (Lipinski definition) is 0. The Labute approximate surface area is 247 Å². The lowest BCUT2D eigenvalue weighted by Crippen LogP contribution is -1.89. The molecule has 0 atom stereocenters. The van der Waals surface area contributed by atoms with E-state index in [9.17, 15) is 0 Å². The summed E-state index contributed by atoms with van der Waals surface area (Å²) in [4.78, 5) is 9.71. The van der Waals surface area contributed by atoms with Gasteiger partial charge in [-0.2, -0.15) is 0 Å². The summed E-state index contributed by atoms with van der Waals surface area (Å²) in [7, 11) is 0. The maximum absolute atomic E-state index is 6.50. The normalized spacial score (nSPS) is 11.7. The Balaban J connectivity index is 1.20. The zero-order chi connectivity index (χ0) is 28.3. The molecule has 9 rings (SSSR count). The minimum Gasteiger partial charge on any atom is -0.455 e. The molecule has 0 unspecified atom stereocenters. The molecule has 0 aliphatic carbocycles. The SMILES string of the molecule is c1ccc(-c2cc3c4cc(-c5cccc(-c6ccc7ccc8cccnc8c7n6)c5)ccc4oc3c3ccccc23)cc1. The van der Waals surface area contributed by atoms with E-state index >= 15 is 0 Å². The Morgan fingerprint density at radius 1 is 0.442 bits per heavy atom. The van der Waals surface area contributed by atoms with E-state index in [1.807, 2.05) is 12.3 Å². The molecule has 0 amide bonds. The van der Waals surface area contributed by atoms with E-state index in [-0.39, 0.29) is 0 Å². The number of hydrogen-bond acceptors (Lipinski definition) is 3. The quantitative estimate of drug-likeness (QED) is 0.206. The number of rotatable bonds is 3. The van der Waals surface area contributed by atoms with Crippen molar-refractivity contribution in [1.29, 1.82) is 0 Å². The van der Waals surface area contributed by atoms with Crippen LogP contribution >= 0.6 is 0 Å². The maximum Gasteiger partial charge on any atom is 0.143 e. The molecule has 200 valence electrons. The molecule has 43 heavy (non-hydrogen) atoms. The monoisotopic (exact) mass is 548 g/mol. The Kier molecular flexibility index (Phi) is 5.20. The lowest BCUT2D eigenvalue weighted by molar-refractivity contribution is 0.673. The van der Waals surface area contributed by atoms with E-state index in [4.69, 9.17) is 9.40 Å². The fourth-order valence-corrected chi connectivity index (χ4v) is 6.38. The second-order valence-corrected chi connectivity index (χ2v) is 11.0. The Morgan fingerprint density at radius 3 is 2.09 bits per heavy atom. The van der Waals surface area contributed by atoms with Gasteiger partial charge in [-0.1, -0.05) is 103 Å². The second kappa shape index (κ2) is 9.37. The fourth-order valence-electron chi connectivity index (χ4n) is 6.38.